The molecule has 0 radical (unpaired) electrons. The third-order valence-corrected chi connectivity index (χ3v) is 6.75. The number of para-hydroxylation sites is 1. The summed E-state index contributed by atoms with van der Waals surface area (Å²) in [5.41, 5.74) is 14.4. The minimum absolute atomic E-state index is 0.0580. The molecule has 5 aromatic rings. The van der Waals surface area contributed by atoms with E-state index in [1.54, 1.807) is 24.5 Å². The minimum Gasteiger partial charge on any atom is -0.383 e. The molecule has 1 aliphatic rings. The second-order valence-electron chi connectivity index (χ2n) is 9.13. The van der Waals surface area contributed by atoms with Gasteiger partial charge in [0.1, 0.15) is 11.4 Å². The van der Waals surface area contributed by atoms with Crippen LogP contribution in [-0.2, 0) is 11.2 Å². The van der Waals surface area contributed by atoms with E-state index in [1.807, 2.05) is 47.0 Å². The van der Waals surface area contributed by atoms with Gasteiger partial charge in [0.2, 0.25) is 0 Å². The number of primary amides is 1. The van der Waals surface area contributed by atoms with Gasteiger partial charge in [-0.1, -0.05) is 37.3 Å². The Morgan fingerprint density at radius 3 is 2.44 bits per heavy atom. The van der Waals surface area contributed by atoms with Gasteiger partial charge in [0.25, 0.3) is 11.5 Å². The molecule has 6 rings (SSSR count). The molecular weight excluding hydrogens is 492 g/mol. The number of fused-ring (bicyclic) bond motifs is 2. The summed E-state index contributed by atoms with van der Waals surface area (Å²) >= 11 is 0. The molecule has 1 fully saturated rings. The second-order valence-corrected chi connectivity index (χ2v) is 9.13. The van der Waals surface area contributed by atoms with Crippen LogP contribution in [0.2, 0.25) is 0 Å². The number of carbonyl (C=O) groups is 1. The molecule has 1 aliphatic heterocycles. The summed E-state index contributed by atoms with van der Waals surface area (Å²) in [5, 5.41) is 2.55. The Kier molecular flexibility index (Phi) is 7.51. The molecule has 9 nitrogen and oxygen atoms in total. The Morgan fingerprint density at radius 1 is 0.974 bits per heavy atom. The number of anilines is 2. The van der Waals surface area contributed by atoms with Gasteiger partial charge in [0, 0.05) is 42.3 Å². The molecule has 1 amide bonds. The van der Waals surface area contributed by atoms with Gasteiger partial charge in [-0.15, -0.1) is 0 Å². The number of carbonyl (C=O) groups excluding carboxylic acids is 1. The summed E-state index contributed by atoms with van der Waals surface area (Å²) in [6, 6.07) is 21.7. The summed E-state index contributed by atoms with van der Waals surface area (Å²) in [5.74, 6) is -0.497. The molecule has 0 bridgehead atoms. The standard InChI is InChI=1S/C21H22N2O2.C9H8N4O/c1-2-17-15-16-7-6-10-19(22-11-13-25-14-12-22)20(16)21(24)23(17)18-8-4-3-5-9-18;10-8-6(9(11)14)7-5(4-13-8)2-1-3-12-7/h3-10,15H,2,11-14H2,1H3;1-4H,(H2,10,13)(H2,11,14). The summed E-state index contributed by atoms with van der Waals surface area (Å²) in [6.07, 6.45) is 3.94. The molecule has 2 aromatic carbocycles. The summed E-state index contributed by atoms with van der Waals surface area (Å²) in [6.45, 7) is 5.14. The molecule has 4 heterocycles. The molecule has 0 saturated carbocycles. The molecule has 4 N–H and O–H groups in total. The number of aromatic nitrogens is 3. The van der Waals surface area contributed by atoms with E-state index >= 15 is 0 Å². The molecule has 0 aliphatic carbocycles. The average Bonchev–Trinajstić information content (AvgIpc) is 2.97. The highest BCUT2D eigenvalue weighted by Crippen LogP contribution is 2.27. The summed E-state index contributed by atoms with van der Waals surface area (Å²) in [4.78, 5) is 34.7. The number of nitrogen functional groups attached to an aromatic ring is 1. The lowest BCUT2D eigenvalue weighted by atomic mass is 10.1. The Morgan fingerprint density at radius 2 is 1.72 bits per heavy atom. The summed E-state index contributed by atoms with van der Waals surface area (Å²) in [7, 11) is 0. The molecule has 0 unspecified atom stereocenters. The highest BCUT2D eigenvalue weighted by Gasteiger charge is 2.18. The molecule has 0 spiro atoms. The van der Waals surface area contributed by atoms with Gasteiger partial charge < -0.3 is 21.1 Å². The first-order valence-electron chi connectivity index (χ1n) is 12.8. The van der Waals surface area contributed by atoms with Crippen molar-refractivity contribution in [3.05, 3.63) is 101 Å². The third kappa shape index (κ3) is 5.17. The van der Waals surface area contributed by atoms with E-state index in [0.717, 1.165) is 52.7 Å². The first-order valence-corrected chi connectivity index (χ1v) is 12.8. The molecule has 39 heavy (non-hydrogen) atoms. The van der Waals surface area contributed by atoms with Gasteiger partial charge in [-0.25, -0.2) is 4.98 Å². The maximum atomic E-state index is 13.5. The SMILES string of the molecule is CCc1cc2cccc(N3CCOCC3)c2c(=O)n1-c1ccccc1.NC(=O)c1c(N)ncc2cccnc12. The number of hydrogen-bond acceptors (Lipinski definition) is 7. The maximum Gasteiger partial charge on any atom is 0.265 e. The van der Waals surface area contributed by atoms with Crippen LogP contribution >= 0.6 is 0 Å². The number of benzene rings is 2. The second kappa shape index (κ2) is 11.3. The zero-order valence-corrected chi connectivity index (χ0v) is 21.7. The van der Waals surface area contributed by atoms with Gasteiger partial charge >= 0.3 is 0 Å². The van der Waals surface area contributed by atoms with E-state index in [1.165, 1.54) is 0 Å². The fourth-order valence-electron chi connectivity index (χ4n) is 4.88. The first-order chi connectivity index (χ1) is 19.0. The third-order valence-electron chi connectivity index (χ3n) is 6.75. The van der Waals surface area contributed by atoms with Gasteiger partial charge in [-0.05, 0) is 48.2 Å². The fourth-order valence-corrected chi connectivity index (χ4v) is 4.88. The van der Waals surface area contributed by atoms with Crippen molar-refractivity contribution < 1.29 is 9.53 Å². The van der Waals surface area contributed by atoms with Crippen LogP contribution in [0.3, 0.4) is 0 Å². The maximum absolute atomic E-state index is 13.5. The highest BCUT2D eigenvalue weighted by atomic mass is 16.5. The monoisotopic (exact) mass is 522 g/mol. The number of ether oxygens (including phenoxy) is 1. The van der Waals surface area contributed by atoms with Crippen molar-refractivity contribution in [2.45, 2.75) is 13.3 Å². The van der Waals surface area contributed by atoms with Crippen molar-refractivity contribution in [2.24, 2.45) is 5.73 Å². The molecule has 198 valence electrons. The number of nitrogens with zero attached hydrogens (tertiary/aromatic N) is 4. The normalized spacial score (nSPS) is 13.2. The van der Waals surface area contributed by atoms with Gasteiger partial charge in [-0.2, -0.15) is 0 Å². The van der Waals surface area contributed by atoms with Crippen LogP contribution in [0, 0.1) is 0 Å². The quantitative estimate of drug-likeness (QED) is 0.368. The van der Waals surface area contributed by atoms with Gasteiger partial charge in [0.05, 0.1) is 29.8 Å². The average molecular weight is 523 g/mol. The van der Waals surface area contributed by atoms with E-state index in [-0.39, 0.29) is 16.9 Å². The molecule has 0 atom stereocenters. The zero-order valence-electron chi connectivity index (χ0n) is 21.7. The van der Waals surface area contributed by atoms with Crippen LogP contribution in [0.4, 0.5) is 11.5 Å². The Bertz CT molecular complexity index is 1690. The predicted molar refractivity (Wildman–Crippen MR) is 154 cm³/mol. The fraction of sp³-hybridized carbons (Fsp3) is 0.200. The van der Waals surface area contributed by atoms with Gasteiger partial charge in [0.15, 0.2) is 0 Å². The predicted octanol–water partition coefficient (Wildman–Crippen LogP) is 3.70. The Hall–Kier alpha value is -4.76. The lowest BCUT2D eigenvalue weighted by molar-refractivity contribution is 0.100. The number of morpholine rings is 1. The van der Waals surface area contributed by atoms with Crippen molar-refractivity contribution in [1.82, 2.24) is 14.5 Å². The zero-order chi connectivity index (χ0) is 27.4. The number of amides is 1. The topological polar surface area (TPSA) is 129 Å². The van der Waals surface area contributed by atoms with Crippen LogP contribution in [0.1, 0.15) is 23.0 Å². The van der Waals surface area contributed by atoms with Crippen LogP contribution in [0.25, 0.3) is 27.4 Å². The molecular formula is C30H30N6O3. The number of nitrogens with two attached hydrogens (primary N) is 2. The minimum atomic E-state index is -0.612. The Balaban J connectivity index is 0.000000186. The summed E-state index contributed by atoms with van der Waals surface area (Å²) < 4.78 is 7.32. The van der Waals surface area contributed by atoms with E-state index in [0.29, 0.717) is 18.7 Å². The van der Waals surface area contributed by atoms with E-state index in [4.69, 9.17) is 16.2 Å². The van der Waals surface area contributed by atoms with Crippen molar-refractivity contribution in [3.8, 4) is 5.69 Å². The van der Waals surface area contributed by atoms with E-state index < -0.39 is 5.91 Å². The van der Waals surface area contributed by atoms with Crippen molar-refractivity contribution >= 4 is 39.1 Å². The van der Waals surface area contributed by atoms with Crippen LogP contribution < -0.4 is 21.9 Å². The lowest BCUT2D eigenvalue weighted by Gasteiger charge is -2.30. The van der Waals surface area contributed by atoms with Gasteiger partial charge in [-0.3, -0.25) is 19.1 Å². The largest absolute Gasteiger partial charge is 0.383 e. The van der Waals surface area contributed by atoms with Crippen LogP contribution in [0.15, 0.2) is 83.9 Å². The lowest BCUT2D eigenvalue weighted by Crippen LogP contribution is -2.37. The number of pyridine rings is 3. The number of hydrogen-bond donors (Lipinski definition) is 2. The first kappa shape index (κ1) is 25.9. The number of rotatable bonds is 4. The Labute approximate surface area is 225 Å². The van der Waals surface area contributed by atoms with E-state index in [9.17, 15) is 9.59 Å². The molecule has 3 aromatic heterocycles. The highest BCUT2D eigenvalue weighted by molar-refractivity contribution is 6.08. The van der Waals surface area contributed by atoms with Crippen molar-refractivity contribution in [3.63, 3.8) is 0 Å². The van der Waals surface area contributed by atoms with Crippen molar-refractivity contribution in [2.75, 3.05) is 36.9 Å². The van der Waals surface area contributed by atoms with Crippen molar-refractivity contribution in [1.29, 1.82) is 0 Å². The smallest absolute Gasteiger partial charge is 0.265 e. The molecule has 9 heteroatoms. The van der Waals surface area contributed by atoms with E-state index in [2.05, 4.69) is 33.9 Å². The van der Waals surface area contributed by atoms with Crippen LogP contribution in [-0.4, -0.2) is 46.7 Å². The number of aryl methyl sites for hydroxylation is 1. The van der Waals surface area contributed by atoms with Crippen LogP contribution in [0.5, 0.6) is 0 Å². The molecule has 1 saturated heterocycles.